The zero-order valence-corrected chi connectivity index (χ0v) is 17.8. The highest BCUT2D eigenvalue weighted by molar-refractivity contribution is 7.18. The van der Waals surface area contributed by atoms with Gasteiger partial charge in [0, 0.05) is 10.4 Å². The summed E-state index contributed by atoms with van der Waals surface area (Å²) in [5, 5.41) is 2.79. The highest BCUT2D eigenvalue weighted by atomic mass is 32.1. The maximum absolute atomic E-state index is 12.9. The lowest BCUT2D eigenvalue weighted by atomic mass is 10.1. The van der Waals surface area contributed by atoms with Crippen LogP contribution in [-0.4, -0.2) is 40.3 Å². The Labute approximate surface area is 178 Å². The number of ether oxygens (including phenoxy) is 4. The Balaban J connectivity index is 1.98. The molecule has 0 atom stereocenters. The van der Waals surface area contributed by atoms with Gasteiger partial charge >= 0.3 is 5.97 Å². The van der Waals surface area contributed by atoms with Crippen molar-refractivity contribution in [1.82, 2.24) is 0 Å². The number of anilines is 1. The molecule has 1 heterocycles. The molecule has 3 aromatic rings. The van der Waals surface area contributed by atoms with Crippen molar-refractivity contribution >= 4 is 28.9 Å². The number of nitrogens with one attached hydrogen (secondary N) is 1. The molecular weight excluding hydrogens is 406 g/mol. The average molecular weight is 427 g/mol. The lowest BCUT2D eigenvalue weighted by Gasteiger charge is -2.14. The Bertz CT molecular complexity index is 1040. The maximum atomic E-state index is 12.9. The van der Waals surface area contributed by atoms with E-state index in [-0.39, 0.29) is 5.56 Å². The molecule has 2 aromatic carbocycles. The monoisotopic (exact) mass is 427 g/mol. The number of methoxy groups -OCH3 is 4. The van der Waals surface area contributed by atoms with Crippen molar-refractivity contribution in [3.05, 3.63) is 59.0 Å². The van der Waals surface area contributed by atoms with Crippen LogP contribution >= 0.6 is 11.3 Å². The van der Waals surface area contributed by atoms with Crippen LogP contribution in [0, 0.1) is 0 Å². The van der Waals surface area contributed by atoms with Gasteiger partial charge in [0.25, 0.3) is 5.91 Å². The Kier molecular flexibility index (Phi) is 6.58. The number of hydrogen-bond donors (Lipinski definition) is 1. The minimum absolute atomic E-state index is 0.285. The van der Waals surface area contributed by atoms with E-state index in [1.54, 1.807) is 18.2 Å². The van der Waals surface area contributed by atoms with Gasteiger partial charge in [-0.05, 0) is 23.8 Å². The van der Waals surface area contributed by atoms with E-state index in [0.717, 1.165) is 10.4 Å². The summed E-state index contributed by atoms with van der Waals surface area (Å²) in [7, 11) is 5.73. The normalized spacial score (nSPS) is 10.3. The van der Waals surface area contributed by atoms with Crippen molar-refractivity contribution in [3.8, 4) is 27.7 Å². The quantitative estimate of drug-likeness (QED) is 0.560. The van der Waals surface area contributed by atoms with E-state index < -0.39 is 11.9 Å². The van der Waals surface area contributed by atoms with E-state index in [1.165, 1.54) is 39.8 Å². The summed E-state index contributed by atoms with van der Waals surface area (Å²) in [6.45, 7) is 0. The van der Waals surface area contributed by atoms with E-state index in [1.807, 2.05) is 30.3 Å². The molecule has 0 fully saturated rings. The van der Waals surface area contributed by atoms with Crippen molar-refractivity contribution in [1.29, 1.82) is 0 Å². The molecule has 0 radical (unpaired) electrons. The number of hydrogen-bond acceptors (Lipinski definition) is 7. The number of amides is 1. The minimum atomic E-state index is -0.526. The van der Waals surface area contributed by atoms with Crippen LogP contribution in [0.5, 0.6) is 17.2 Å². The van der Waals surface area contributed by atoms with Crippen LogP contribution < -0.4 is 19.5 Å². The van der Waals surface area contributed by atoms with Crippen molar-refractivity contribution in [3.63, 3.8) is 0 Å². The standard InChI is InChI=1S/C22H21NO6S/c1-26-16-10-14(11-17(27-2)19(16)28-3)21(24)23-15-12-18(13-8-6-5-7-9-13)30-20(15)22(25)29-4/h5-12H,1-4H3,(H,23,24). The molecule has 7 nitrogen and oxygen atoms in total. The Morgan fingerprint density at radius 2 is 1.50 bits per heavy atom. The van der Waals surface area contributed by atoms with Gasteiger partial charge in [0.2, 0.25) is 5.75 Å². The highest BCUT2D eigenvalue weighted by Gasteiger charge is 2.22. The fraction of sp³-hybridized carbons (Fsp3) is 0.182. The van der Waals surface area contributed by atoms with E-state index in [9.17, 15) is 9.59 Å². The molecule has 0 spiro atoms. The Morgan fingerprint density at radius 1 is 0.867 bits per heavy atom. The van der Waals surface area contributed by atoms with E-state index in [4.69, 9.17) is 18.9 Å². The van der Waals surface area contributed by atoms with Crippen LogP contribution in [0.2, 0.25) is 0 Å². The molecule has 0 bridgehead atoms. The van der Waals surface area contributed by atoms with Crippen molar-refractivity contribution in [2.45, 2.75) is 0 Å². The van der Waals surface area contributed by atoms with Gasteiger partial charge in [0.1, 0.15) is 4.88 Å². The Hall–Kier alpha value is -3.52. The fourth-order valence-corrected chi connectivity index (χ4v) is 3.92. The minimum Gasteiger partial charge on any atom is -0.493 e. The van der Waals surface area contributed by atoms with Crippen LogP contribution in [0.1, 0.15) is 20.0 Å². The van der Waals surface area contributed by atoms with Gasteiger partial charge in [-0.3, -0.25) is 4.79 Å². The molecule has 0 unspecified atom stereocenters. The summed E-state index contributed by atoms with van der Waals surface area (Å²) in [5.41, 5.74) is 1.58. The molecule has 0 aliphatic rings. The van der Waals surface area contributed by atoms with Crippen LogP contribution in [0.4, 0.5) is 5.69 Å². The molecule has 0 aliphatic heterocycles. The molecule has 1 amide bonds. The van der Waals surface area contributed by atoms with Crippen molar-refractivity contribution < 1.29 is 28.5 Å². The van der Waals surface area contributed by atoms with Gasteiger partial charge in [0.05, 0.1) is 34.1 Å². The summed E-state index contributed by atoms with van der Waals surface area (Å²) in [4.78, 5) is 26.3. The topological polar surface area (TPSA) is 83.1 Å². The number of esters is 1. The molecular formula is C22H21NO6S. The second-order valence-corrected chi connectivity index (χ2v) is 7.13. The first-order valence-electron chi connectivity index (χ1n) is 8.91. The van der Waals surface area contributed by atoms with Crippen LogP contribution in [-0.2, 0) is 4.74 Å². The first-order valence-corrected chi connectivity index (χ1v) is 9.73. The van der Waals surface area contributed by atoms with Gasteiger partial charge < -0.3 is 24.3 Å². The zero-order chi connectivity index (χ0) is 21.7. The first-order chi connectivity index (χ1) is 14.5. The number of carbonyl (C=O) groups is 2. The summed E-state index contributed by atoms with van der Waals surface area (Å²) in [6.07, 6.45) is 0. The van der Waals surface area contributed by atoms with Crippen molar-refractivity contribution in [2.24, 2.45) is 0 Å². The lowest BCUT2D eigenvalue weighted by Crippen LogP contribution is -2.14. The van der Waals surface area contributed by atoms with Gasteiger partial charge in [-0.1, -0.05) is 30.3 Å². The van der Waals surface area contributed by atoms with Gasteiger partial charge in [-0.25, -0.2) is 4.79 Å². The Morgan fingerprint density at radius 3 is 2.03 bits per heavy atom. The fourth-order valence-electron chi connectivity index (χ4n) is 2.88. The van der Waals surface area contributed by atoms with Gasteiger partial charge in [-0.15, -0.1) is 11.3 Å². The molecule has 8 heteroatoms. The van der Waals surface area contributed by atoms with E-state index in [2.05, 4.69) is 5.32 Å². The molecule has 0 aliphatic carbocycles. The van der Waals surface area contributed by atoms with Crippen LogP contribution in [0.3, 0.4) is 0 Å². The van der Waals surface area contributed by atoms with Crippen LogP contribution in [0.15, 0.2) is 48.5 Å². The molecule has 3 rings (SSSR count). The SMILES string of the molecule is COC(=O)c1sc(-c2ccccc2)cc1NC(=O)c1cc(OC)c(OC)c(OC)c1. The van der Waals surface area contributed by atoms with Crippen molar-refractivity contribution in [2.75, 3.05) is 33.8 Å². The predicted molar refractivity (Wildman–Crippen MR) is 115 cm³/mol. The number of thiophene rings is 1. The molecule has 1 N–H and O–H groups in total. The summed E-state index contributed by atoms with van der Waals surface area (Å²) >= 11 is 1.25. The second-order valence-electron chi connectivity index (χ2n) is 6.08. The highest BCUT2D eigenvalue weighted by Crippen LogP contribution is 2.39. The molecule has 30 heavy (non-hydrogen) atoms. The average Bonchev–Trinajstić information content (AvgIpc) is 3.21. The maximum Gasteiger partial charge on any atom is 0.350 e. The van der Waals surface area contributed by atoms with E-state index >= 15 is 0 Å². The third kappa shape index (κ3) is 4.23. The summed E-state index contributed by atoms with van der Waals surface area (Å²) in [5.74, 6) is 0.129. The number of carbonyl (C=O) groups excluding carboxylic acids is 2. The van der Waals surface area contributed by atoms with Gasteiger partial charge in [0.15, 0.2) is 11.5 Å². The first kappa shape index (κ1) is 21.2. The third-order valence-electron chi connectivity index (χ3n) is 4.34. The van der Waals surface area contributed by atoms with E-state index in [0.29, 0.717) is 27.8 Å². The second kappa shape index (κ2) is 9.32. The lowest BCUT2D eigenvalue weighted by molar-refractivity contribution is 0.0607. The number of rotatable bonds is 7. The zero-order valence-electron chi connectivity index (χ0n) is 17.0. The predicted octanol–water partition coefficient (Wildman–Crippen LogP) is 4.48. The third-order valence-corrected chi connectivity index (χ3v) is 5.50. The molecule has 0 saturated heterocycles. The number of benzene rings is 2. The summed E-state index contributed by atoms with van der Waals surface area (Å²) < 4.78 is 20.8. The van der Waals surface area contributed by atoms with Gasteiger partial charge in [-0.2, -0.15) is 0 Å². The van der Waals surface area contributed by atoms with Crippen LogP contribution in [0.25, 0.3) is 10.4 Å². The molecule has 156 valence electrons. The largest absolute Gasteiger partial charge is 0.493 e. The smallest absolute Gasteiger partial charge is 0.350 e. The molecule has 0 saturated carbocycles. The molecule has 1 aromatic heterocycles. The summed E-state index contributed by atoms with van der Waals surface area (Å²) in [6, 6.07) is 14.4.